The van der Waals surface area contributed by atoms with Crippen LogP contribution in [0.25, 0.3) is 0 Å². The Morgan fingerprint density at radius 3 is 2.91 bits per heavy atom. The Balaban J connectivity index is 0.00000192. The van der Waals surface area contributed by atoms with Crippen LogP contribution in [0.5, 0.6) is 0 Å². The maximum atomic E-state index is 12.2. The predicted molar refractivity (Wildman–Crippen MR) is 92.8 cm³/mol. The lowest BCUT2D eigenvalue weighted by molar-refractivity contribution is -0.125. The second-order valence-corrected chi connectivity index (χ2v) is 6.16. The number of nitrogens with one attached hydrogen (secondary N) is 2. The van der Waals surface area contributed by atoms with Gasteiger partial charge in [0.2, 0.25) is 11.8 Å². The summed E-state index contributed by atoms with van der Waals surface area (Å²) >= 11 is 0. The first-order chi connectivity index (χ1) is 10.6. The minimum absolute atomic E-state index is 0. The van der Waals surface area contributed by atoms with Gasteiger partial charge >= 0.3 is 0 Å². The molecule has 2 amide bonds. The number of nitrogens with zero attached hydrogens (tertiary/aromatic N) is 1. The van der Waals surface area contributed by atoms with Gasteiger partial charge in [-0.3, -0.25) is 9.59 Å². The van der Waals surface area contributed by atoms with E-state index < -0.39 is 0 Å². The standard InChI is InChI=1S/C17H23N3O2.ClH/c1-12(19-17(22)14-7-8-18-11-14)13-4-2-5-15(10-13)20-9-3-6-16(20)21;/h2,4-5,10,12,14,18H,3,6-9,11H2,1H3,(H,19,22);1H. The fourth-order valence-electron chi connectivity index (χ4n) is 3.18. The van der Waals surface area contributed by atoms with Crippen LogP contribution in [0.3, 0.4) is 0 Å². The molecule has 2 atom stereocenters. The van der Waals surface area contributed by atoms with Crippen molar-refractivity contribution in [1.29, 1.82) is 0 Å². The number of halogens is 1. The zero-order chi connectivity index (χ0) is 15.5. The van der Waals surface area contributed by atoms with Gasteiger partial charge in [0.15, 0.2) is 0 Å². The molecular weight excluding hydrogens is 314 g/mol. The molecule has 6 heteroatoms. The van der Waals surface area contributed by atoms with Crippen molar-refractivity contribution in [2.24, 2.45) is 5.92 Å². The fourth-order valence-corrected chi connectivity index (χ4v) is 3.18. The normalized spacial score (nSPS) is 21.9. The van der Waals surface area contributed by atoms with Crippen molar-refractivity contribution in [1.82, 2.24) is 10.6 Å². The van der Waals surface area contributed by atoms with Gasteiger partial charge in [-0.15, -0.1) is 12.4 Å². The summed E-state index contributed by atoms with van der Waals surface area (Å²) in [4.78, 5) is 25.9. The summed E-state index contributed by atoms with van der Waals surface area (Å²) in [7, 11) is 0. The van der Waals surface area contributed by atoms with Gasteiger partial charge in [-0.1, -0.05) is 12.1 Å². The topological polar surface area (TPSA) is 61.4 Å². The smallest absolute Gasteiger partial charge is 0.227 e. The van der Waals surface area contributed by atoms with Crippen LogP contribution in [0.1, 0.15) is 37.8 Å². The number of hydrogen-bond donors (Lipinski definition) is 2. The molecule has 5 nitrogen and oxygen atoms in total. The highest BCUT2D eigenvalue weighted by atomic mass is 35.5. The summed E-state index contributed by atoms with van der Waals surface area (Å²) in [6.45, 7) is 4.46. The van der Waals surface area contributed by atoms with E-state index in [4.69, 9.17) is 0 Å². The molecule has 2 saturated heterocycles. The lowest BCUT2D eigenvalue weighted by Crippen LogP contribution is -2.34. The van der Waals surface area contributed by atoms with Gasteiger partial charge in [-0.2, -0.15) is 0 Å². The van der Waals surface area contributed by atoms with Crippen LogP contribution >= 0.6 is 12.4 Å². The summed E-state index contributed by atoms with van der Waals surface area (Å²) in [5, 5.41) is 6.30. The third kappa shape index (κ3) is 4.03. The van der Waals surface area contributed by atoms with Crippen LogP contribution < -0.4 is 15.5 Å². The molecule has 0 saturated carbocycles. The number of rotatable bonds is 4. The Morgan fingerprint density at radius 1 is 1.43 bits per heavy atom. The third-order valence-electron chi connectivity index (χ3n) is 4.55. The molecule has 2 fully saturated rings. The number of carbonyl (C=O) groups excluding carboxylic acids is 2. The van der Waals surface area contributed by atoms with Gasteiger partial charge in [0.25, 0.3) is 0 Å². The third-order valence-corrected chi connectivity index (χ3v) is 4.55. The summed E-state index contributed by atoms with van der Waals surface area (Å²) in [5.74, 6) is 0.372. The van der Waals surface area contributed by atoms with Crippen LogP contribution in [0, 0.1) is 5.92 Å². The Hall–Kier alpha value is -1.59. The van der Waals surface area contributed by atoms with Crippen LogP contribution in [0.15, 0.2) is 24.3 Å². The monoisotopic (exact) mass is 337 g/mol. The van der Waals surface area contributed by atoms with Gasteiger partial charge < -0.3 is 15.5 Å². The van der Waals surface area contributed by atoms with E-state index in [-0.39, 0.29) is 36.2 Å². The highest BCUT2D eigenvalue weighted by molar-refractivity contribution is 5.95. The minimum atomic E-state index is -0.0502. The fraction of sp³-hybridized carbons (Fsp3) is 0.529. The minimum Gasteiger partial charge on any atom is -0.349 e. The van der Waals surface area contributed by atoms with Crippen LogP contribution in [0.2, 0.25) is 0 Å². The highest BCUT2D eigenvalue weighted by Crippen LogP contribution is 2.25. The molecule has 1 aromatic carbocycles. The van der Waals surface area contributed by atoms with Gasteiger partial charge in [0, 0.05) is 25.2 Å². The quantitative estimate of drug-likeness (QED) is 0.883. The number of carbonyl (C=O) groups is 2. The van der Waals surface area contributed by atoms with Crippen molar-refractivity contribution in [3.8, 4) is 0 Å². The van der Waals surface area contributed by atoms with Crippen molar-refractivity contribution >= 4 is 29.9 Å². The molecule has 0 spiro atoms. The summed E-state index contributed by atoms with van der Waals surface area (Å²) in [6.07, 6.45) is 2.45. The van der Waals surface area contributed by atoms with Crippen LogP contribution in [-0.4, -0.2) is 31.4 Å². The predicted octanol–water partition coefficient (Wildman–Crippen LogP) is 2.02. The molecule has 126 valence electrons. The second-order valence-electron chi connectivity index (χ2n) is 6.16. The van der Waals surface area contributed by atoms with Gasteiger partial charge in [-0.25, -0.2) is 0 Å². The van der Waals surface area contributed by atoms with E-state index in [2.05, 4.69) is 10.6 Å². The SMILES string of the molecule is CC(NC(=O)C1CCNC1)c1cccc(N2CCCC2=O)c1.Cl. The number of benzene rings is 1. The number of hydrogen-bond acceptors (Lipinski definition) is 3. The summed E-state index contributed by atoms with van der Waals surface area (Å²) < 4.78 is 0. The highest BCUT2D eigenvalue weighted by Gasteiger charge is 2.25. The zero-order valence-electron chi connectivity index (χ0n) is 13.4. The molecular formula is C17H24ClN3O2. The molecule has 0 aromatic heterocycles. The summed E-state index contributed by atoms with van der Waals surface area (Å²) in [5.41, 5.74) is 1.97. The molecule has 2 heterocycles. The number of amides is 2. The van der Waals surface area contributed by atoms with Gasteiger partial charge in [0.1, 0.15) is 0 Å². The van der Waals surface area contributed by atoms with E-state index in [0.717, 1.165) is 43.7 Å². The van der Waals surface area contributed by atoms with E-state index in [9.17, 15) is 9.59 Å². The van der Waals surface area contributed by atoms with Gasteiger partial charge in [-0.05, 0) is 44.0 Å². The van der Waals surface area contributed by atoms with E-state index in [0.29, 0.717) is 6.42 Å². The molecule has 0 bridgehead atoms. The first-order valence-electron chi connectivity index (χ1n) is 8.06. The van der Waals surface area contributed by atoms with Crippen molar-refractivity contribution < 1.29 is 9.59 Å². The van der Waals surface area contributed by atoms with Crippen LogP contribution in [0.4, 0.5) is 5.69 Å². The molecule has 2 unspecified atom stereocenters. The van der Waals surface area contributed by atoms with Crippen molar-refractivity contribution in [2.45, 2.75) is 32.2 Å². The Labute approximate surface area is 143 Å². The second kappa shape index (κ2) is 7.79. The first kappa shape index (κ1) is 17.8. The van der Waals surface area contributed by atoms with E-state index in [1.165, 1.54) is 0 Å². The van der Waals surface area contributed by atoms with Gasteiger partial charge in [0.05, 0.1) is 12.0 Å². The maximum Gasteiger partial charge on any atom is 0.227 e. The van der Waals surface area contributed by atoms with Crippen molar-refractivity contribution in [3.05, 3.63) is 29.8 Å². The zero-order valence-corrected chi connectivity index (χ0v) is 14.2. The molecule has 2 N–H and O–H groups in total. The van der Waals surface area contributed by atoms with E-state index >= 15 is 0 Å². The molecule has 0 aliphatic carbocycles. The summed E-state index contributed by atoms with van der Waals surface area (Å²) in [6, 6.07) is 7.88. The molecule has 3 rings (SSSR count). The average molecular weight is 338 g/mol. The largest absolute Gasteiger partial charge is 0.349 e. The molecule has 23 heavy (non-hydrogen) atoms. The maximum absolute atomic E-state index is 12.2. The lowest BCUT2D eigenvalue weighted by atomic mass is 10.0. The van der Waals surface area contributed by atoms with E-state index in [1.807, 2.05) is 36.1 Å². The molecule has 2 aliphatic rings. The molecule has 1 aromatic rings. The molecule has 2 aliphatic heterocycles. The lowest BCUT2D eigenvalue weighted by Gasteiger charge is -2.20. The Bertz CT molecular complexity index is 573. The average Bonchev–Trinajstić information content (AvgIpc) is 3.18. The first-order valence-corrected chi connectivity index (χ1v) is 8.06. The van der Waals surface area contributed by atoms with Crippen LogP contribution in [-0.2, 0) is 9.59 Å². The van der Waals surface area contributed by atoms with E-state index in [1.54, 1.807) is 0 Å². The Morgan fingerprint density at radius 2 is 2.26 bits per heavy atom. The van der Waals surface area contributed by atoms with Crippen molar-refractivity contribution in [2.75, 3.05) is 24.5 Å². The number of anilines is 1. The Kier molecular flexibility index (Phi) is 6.02. The molecule has 0 radical (unpaired) electrons. The van der Waals surface area contributed by atoms with Crippen molar-refractivity contribution in [3.63, 3.8) is 0 Å².